The monoisotopic (exact) mass is 382 g/mol. The van der Waals surface area contributed by atoms with Gasteiger partial charge in [-0.3, -0.25) is 0 Å². The van der Waals surface area contributed by atoms with Gasteiger partial charge in [-0.2, -0.15) is 0 Å². The molecule has 0 bridgehead atoms. The van der Waals surface area contributed by atoms with E-state index in [0.717, 1.165) is 12.8 Å². The van der Waals surface area contributed by atoms with E-state index in [0.29, 0.717) is 6.42 Å². The molecule has 1 aliphatic heterocycles. The van der Waals surface area contributed by atoms with E-state index in [2.05, 4.69) is 19.1 Å². The quantitative estimate of drug-likeness (QED) is 0.282. The van der Waals surface area contributed by atoms with Crippen LogP contribution in [-0.4, -0.2) is 40.9 Å². The van der Waals surface area contributed by atoms with E-state index in [1.54, 1.807) is 0 Å². The molecule has 1 aliphatic carbocycles. The van der Waals surface area contributed by atoms with Crippen LogP contribution in [0.5, 0.6) is 0 Å². The van der Waals surface area contributed by atoms with Crippen LogP contribution in [0.1, 0.15) is 103 Å². The van der Waals surface area contributed by atoms with Crippen LogP contribution in [0.3, 0.4) is 0 Å². The Kier molecular flexibility index (Phi) is 10.9. The number of hydrogen-bond acceptors (Lipinski definition) is 4. The Balaban J connectivity index is 1.35. The van der Waals surface area contributed by atoms with Gasteiger partial charge < -0.3 is 19.7 Å². The van der Waals surface area contributed by atoms with Crippen LogP contribution in [0.4, 0.5) is 0 Å². The summed E-state index contributed by atoms with van der Waals surface area (Å²) in [5.41, 5.74) is -0.596. The van der Waals surface area contributed by atoms with E-state index in [1.807, 2.05) is 0 Å². The van der Waals surface area contributed by atoms with Gasteiger partial charge in [0.1, 0.15) is 11.7 Å². The van der Waals surface area contributed by atoms with Crippen molar-refractivity contribution in [2.75, 3.05) is 6.61 Å². The molecule has 0 radical (unpaired) electrons. The molecule has 2 N–H and O–H groups in total. The highest BCUT2D eigenvalue weighted by Crippen LogP contribution is 2.50. The van der Waals surface area contributed by atoms with Crippen molar-refractivity contribution in [1.29, 1.82) is 0 Å². The van der Waals surface area contributed by atoms with Gasteiger partial charge in [0.2, 0.25) is 0 Å². The van der Waals surface area contributed by atoms with Crippen LogP contribution in [0.25, 0.3) is 0 Å². The smallest absolute Gasteiger partial charge is 0.159 e. The third-order valence-corrected chi connectivity index (χ3v) is 6.00. The molecule has 0 amide bonds. The zero-order chi connectivity index (χ0) is 19.4. The van der Waals surface area contributed by atoms with E-state index in [4.69, 9.17) is 9.47 Å². The minimum atomic E-state index is -0.596. The van der Waals surface area contributed by atoms with Crippen molar-refractivity contribution in [2.24, 2.45) is 0 Å². The van der Waals surface area contributed by atoms with Crippen LogP contribution in [0.15, 0.2) is 12.2 Å². The second kappa shape index (κ2) is 12.9. The van der Waals surface area contributed by atoms with Gasteiger partial charge >= 0.3 is 0 Å². The normalized spacial score (nSPS) is 30.0. The Hall–Kier alpha value is -0.420. The van der Waals surface area contributed by atoms with E-state index < -0.39 is 11.7 Å². The molecule has 27 heavy (non-hydrogen) atoms. The molecule has 0 aromatic heterocycles. The maximum atomic E-state index is 9.72. The Morgan fingerprint density at radius 3 is 1.96 bits per heavy atom. The lowest BCUT2D eigenvalue weighted by atomic mass is 10.1. The number of unbranched alkanes of at least 4 members (excludes halogenated alkanes) is 11. The fourth-order valence-corrected chi connectivity index (χ4v) is 4.07. The molecule has 1 heterocycles. The van der Waals surface area contributed by atoms with Crippen LogP contribution < -0.4 is 0 Å². The van der Waals surface area contributed by atoms with Gasteiger partial charge in [0.05, 0.1) is 12.7 Å². The van der Waals surface area contributed by atoms with Gasteiger partial charge in [0, 0.05) is 6.42 Å². The second-order valence-corrected chi connectivity index (χ2v) is 8.40. The highest BCUT2D eigenvalue weighted by atomic mass is 16.8. The lowest BCUT2D eigenvalue weighted by Crippen LogP contribution is -2.31. The average Bonchev–Trinajstić information content (AvgIpc) is 3.16. The molecule has 4 nitrogen and oxygen atoms in total. The number of hydrogen-bond donors (Lipinski definition) is 2. The van der Waals surface area contributed by atoms with Crippen LogP contribution in [0, 0.1) is 0 Å². The molecule has 1 saturated carbocycles. The lowest BCUT2D eigenvalue weighted by molar-refractivity contribution is -0.0824. The topological polar surface area (TPSA) is 58.9 Å². The van der Waals surface area contributed by atoms with Crippen molar-refractivity contribution in [1.82, 2.24) is 0 Å². The highest BCUT2D eigenvalue weighted by molar-refractivity contribution is 5.13. The summed E-state index contributed by atoms with van der Waals surface area (Å²) in [6.45, 7) is 2.20. The van der Waals surface area contributed by atoms with Crippen molar-refractivity contribution in [3.05, 3.63) is 12.2 Å². The third kappa shape index (κ3) is 7.84. The van der Waals surface area contributed by atoms with Crippen LogP contribution >= 0.6 is 0 Å². The first-order valence-electron chi connectivity index (χ1n) is 11.5. The zero-order valence-corrected chi connectivity index (χ0v) is 17.4. The number of ether oxygens (including phenoxy) is 2. The standard InChI is InChI=1S/C23H42O4/c1-2-3-4-5-6-7-8-9-10-11-12-13-14-15-16-17-22-26-21(19-24)23(27-22)18-20(23)25/h9-10,20-22,24-25H,2-8,11-19H2,1H3/b10-9-/t20-,21+,22?,23+/m1/s1. The predicted octanol–water partition coefficient (Wildman–Crippen LogP) is 5.26. The largest absolute Gasteiger partial charge is 0.394 e. The fraction of sp³-hybridized carbons (Fsp3) is 0.913. The Morgan fingerprint density at radius 2 is 1.44 bits per heavy atom. The third-order valence-electron chi connectivity index (χ3n) is 6.00. The molecule has 0 aromatic rings. The van der Waals surface area contributed by atoms with E-state index >= 15 is 0 Å². The molecular formula is C23H42O4. The summed E-state index contributed by atoms with van der Waals surface area (Å²) in [6.07, 6.45) is 22.0. The lowest BCUT2D eigenvalue weighted by Gasteiger charge is -2.11. The van der Waals surface area contributed by atoms with Crippen molar-refractivity contribution >= 4 is 0 Å². The Morgan fingerprint density at radius 1 is 0.889 bits per heavy atom. The summed E-state index contributed by atoms with van der Waals surface area (Å²) in [5.74, 6) is 0. The number of aliphatic hydroxyl groups is 2. The highest BCUT2D eigenvalue weighted by Gasteiger charge is 2.65. The van der Waals surface area contributed by atoms with Crippen LogP contribution in [-0.2, 0) is 9.47 Å². The SMILES string of the molecule is CCCCCCCC/C=C\CCCCCCCC1O[C@@H](CO)[C@@]2(C[C@H]2O)O1. The maximum absolute atomic E-state index is 9.72. The summed E-state index contributed by atoms with van der Waals surface area (Å²) < 4.78 is 11.6. The first-order valence-corrected chi connectivity index (χ1v) is 11.5. The molecule has 2 rings (SSSR count). The summed E-state index contributed by atoms with van der Waals surface area (Å²) >= 11 is 0. The Labute approximate surface area is 166 Å². The molecule has 4 heteroatoms. The second-order valence-electron chi connectivity index (χ2n) is 8.40. The molecule has 1 spiro atoms. The van der Waals surface area contributed by atoms with Gasteiger partial charge in [-0.15, -0.1) is 0 Å². The van der Waals surface area contributed by atoms with Crippen molar-refractivity contribution < 1.29 is 19.7 Å². The molecule has 4 atom stereocenters. The summed E-state index contributed by atoms with van der Waals surface area (Å²) in [5, 5.41) is 19.1. The zero-order valence-electron chi connectivity index (χ0n) is 17.4. The molecule has 1 saturated heterocycles. The molecule has 2 fully saturated rings. The van der Waals surface area contributed by atoms with Gasteiger partial charge in [0.25, 0.3) is 0 Å². The fourth-order valence-electron chi connectivity index (χ4n) is 4.07. The van der Waals surface area contributed by atoms with Crippen molar-refractivity contribution in [3.8, 4) is 0 Å². The van der Waals surface area contributed by atoms with Crippen molar-refractivity contribution in [2.45, 2.75) is 127 Å². The molecule has 158 valence electrons. The van der Waals surface area contributed by atoms with E-state index in [1.165, 1.54) is 77.0 Å². The van der Waals surface area contributed by atoms with Crippen LogP contribution in [0.2, 0.25) is 0 Å². The number of allylic oxidation sites excluding steroid dienone is 2. The average molecular weight is 383 g/mol. The van der Waals surface area contributed by atoms with Gasteiger partial charge in [-0.1, -0.05) is 70.4 Å². The van der Waals surface area contributed by atoms with Gasteiger partial charge in [-0.05, 0) is 38.5 Å². The molecular weight excluding hydrogens is 340 g/mol. The maximum Gasteiger partial charge on any atom is 0.159 e. The summed E-state index contributed by atoms with van der Waals surface area (Å²) in [4.78, 5) is 0. The predicted molar refractivity (Wildman–Crippen MR) is 110 cm³/mol. The van der Waals surface area contributed by atoms with Crippen molar-refractivity contribution in [3.63, 3.8) is 0 Å². The minimum absolute atomic E-state index is 0.0695. The first kappa shape index (κ1) is 22.9. The minimum Gasteiger partial charge on any atom is -0.394 e. The number of aliphatic hydroxyl groups excluding tert-OH is 2. The molecule has 0 aromatic carbocycles. The molecule has 2 aliphatic rings. The summed E-state index contributed by atoms with van der Waals surface area (Å²) in [7, 11) is 0. The first-order chi connectivity index (χ1) is 13.2. The van der Waals surface area contributed by atoms with E-state index in [-0.39, 0.29) is 19.0 Å². The van der Waals surface area contributed by atoms with Gasteiger partial charge in [-0.25, -0.2) is 0 Å². The van der Waals surface area contributed by atoms with Gasteiger partial charge in [0.15, 0.2) is 6.29 Å². The molecule has 1 unspecified atom stereocenters. The van der Waals surface area contributed by atoms with E-state index in [9.17, 15) is 10.2 Å². The number of rotatable bonds is 16. The summed E-state index contributed by atoms with van der Waals surface area (Å²) in [6, 6.07) is 0. The Bertz CT molecular complexity index is 411.